The molecule has 0 aliphatic heterocycles. The number of halogens is 7. The van der Waals surface area contributed by atoms with Crippen molar-refractivity contribution in [1.82, 2.24) is 24.6 Å². The van der Waals surface area contributed by atoms with Crippen molar-refractivity contribution >= 4 is 40.9 Å². The maximum atomic E-state index is 15.1. The van der Waals surface area contributed by atoms with E-state index in [0.717, 1.165) is 29.6 Å². The number of hydrogen-bond donors (Lipinski definition) is 1. The maximum absolute atomic E-state index is 15.1. The van der Waals surface area contributed by atoms with Crippen LogP contribution >= 0.6 is 15.9 Å². The largest absolute Gasteiger partial charge is 0.361 e. The second-order valence-corrected chi connectivity index (χ2v) is 19.7. The van der Waals surface area contributed by atoms with Gasteiger partial charge in [0.2, 0.25) is 5.91 Å². The highest BCUT2D eigenvalue weighted by Crippen LogP contribution is 2.68. The predicted molar refractivity (Wildman–Crippen MR) is 164 cm³/mol. The van der Waals surface area contributed by atoms with Gasteiger partial charge in [-0.3, -0.25) is 9.48 Å². The van der Waals surface area contributed by atoms with Gasteiger partial charge in [0.25, 0.3) is 12.3 Å². The lowest BCUT2D eigenvalue weighted by Gasteiger charge is -2.21. The number of benzene rings is 1. The Labute approximate surface area is 270 Å². The van der Waals surface area contributed by atoms with Gasteiger partial charge < -0.3 is 14.6 Å². The first-order chi connectivity index (χ1) is 21.6. The average Bonchev–Trinajstić information content (AvgIpc) is 3.43. The number of carbonyl (C=O) groups excluding carboxylic acids is 1. The van der Waals surface area contributed by atoms with Crippen LogP contribution in [-0.4, -0.2) is 39.9 Å². The summed E-state index contributed by atoms with van der Waals surface area (Å²) in [6, 6.07) is 6.55. The molecule has 0 saturated heterocycles. The summed E-state index contributed by atoms with van der Waals surface area (Å²) in [5.41, 5.74) is -0.530. The Bertz CT molecular complexity index is 1790. The monoisotopic (exact) mass is 727 g/mol. The van der Waals surface area contributed by atoms with Crippen LogP contribution in [0.2, 0.25) is 25.7 Å². The van der Waals surface area contributed by atoms with Crippen molar-refractivity contribution in [2.75, 3.05) is 6.61 Å². The van der Waals surface area contributed by atoms with Crippen molar-refractivity contribution in [3.05, 3.63) is 80.8 Å². The normalized spacial score (nSPS) is 19.0. The zero-order valence-electron chi connectivity index (χ0n) is 25.3. The van der Waals surface area contributed by atoms with Crippen LogP contribution in [0.5, 0.6) is 0 Å². The number of pyridine rings is 1. The van der Waals surface area contributed by atoms with E-state index in [2.05, 4.69) is 46.0 Å². The zero-order valence-corrected chi connectivity index (χ0v) is 27.9. The molecular weight excluding hydrogens is 696 g/mol. The standard InChI is InChI=1S/C31H32BrF6N5O2Si/c1-46(2,3)7-6-45-15-42-5-4-17-11-22(32)26(40-30(17)42)23(10-16-8-18(33)12-19(34)9-16)39-24(44)14-43-28-25(27(41-43)29(35)36)20-13-21(20)31(28,37)38/h4-5,8-9,11-12,20-21,23,29H,6-7,10,13-15H2,1-3H3,(H,39,44)/t20-,21+,23-/m0/s1. The Kier molecular flexibility index (Phi) is 8.63. The van der Waals surface area contributed by atoms with Crippen LogP contribution < -0.4 is 5.32 Å². The number of nitrogens with one attached hydrogen (secondary N) is 1. The molecule has 6 rings (SSSR count). The molecule has 0 unspecified atom stereocenters. The van der Waals surface area contributed by atoms with Gasteiger partial charge in [0.15, 0.2) is 0 Å². The Morgan fingerprint density at radius 1 is 1.15 bits per heavy atom. The summed E-state index contributed by atoms with van der Waals surface area (Å²) >= 11 is 3.50. The van der Waals surface area contributed by atoms with E-state index in [9.17, 15) is 22.4 Å². The van der Waals surface area contributed by atoms with Crippen molar-refractivity contribution in [2.24, 2.45) is 5.92 Å². The minimum atomic E-state index is -3.39. The third-order valence-corrected chi connectivity index (χ3v) is 10.8. The summed E-state index contributed by atoms with van der Waals surface area (Å²) in [6.07, 6.45) is -1.30. The Hall–Kier alpha value is -3.17. The van der Waals surface area contributed by atoms with Gasteiger partial charge in [-0.25, -0.2) is 22.5 Å². The molecule has 3 atom stereocenters. The van der Waals surface area contributed by atoms with E-state index in [0.29, 0.717) is 27.1 Å². The molecule has 15 heteroatoms. The molecule has 3 aromatic heterocycles. The van der Waals surface area contributed by atoms with Gasteiger partial charge in [-0.15, -0.1) is 0 Å². The van der Waals surface area contributed by atoms with Crippen molar-refractivity contribution < 1.29 is 35.9 Å². The molecule has 246 valence electrons. The van der Waals surface area contributed by atoms with Crippen LogP contribution in [0.15, 0.2) is 41.0 Å². The van der Waals surface area contributed by atoms with Crippen molar-refractivity contribution in [3.8, 4) is 0 Å². The maximum Gasteiger partial charge on any atom is 0.293 e. The molecule has 3 heterocycles. The topological polar surface area (TPSA) is 74.0 Å². The number of hydrogen-bond acceptors (Lipinski definition) is 4. The number of amides is 1. The molecule has 1 fully saturated rings. The van der Waals surface area contributed by atoms with Gasteiger partial charge >= 0.3 is 0 Å². The van der Waals surface area contributed by atoms with Gasteiger partial charge in [0.1, 0.15) is 41.9 Å². The van der Waals surface area contributed by atoms with Crippen molar-refractivity contribution in [3.63, 3.8) is 0 Å². The van der Waals surface area contributed by atoms with Gasteiger partial charge in [-0.1, -0.05) is 19.6 Å². The fraction of sp³-hybridized carbons (Fsp3) is 0.452. The molecule has 1 aromatic carbocycles. The first kappa shape index (κ1) is 32.8. The van der Waals surface area contributed by atoms with E-state index in [-0.39, 0.29) is 30.7 Å². The Morgan fingerprint density at radius 2 is 1.87 bits per heavy atom. The number of aromatic nitrogens is 4. The summed E-state index contributed by atoms with van der Waals surface area (Å²) in [6.45, 7) is 6.78. The molecule has 1 N–H and O–H groups in total. The van der Waals surface area contributed by atoms with Crippen LogP contribution in [0.1, 0.15) is 53.0 Å². The molecule has 0 spiro atoms. The average molecular weight is 729 g/mol. The van der Waals surface area contributed by atoms with Gasteiger partial charge in [-0.05, 0) is 70.6 Å². The van der Waals surface area contributed by atoms with E-state index in [4.69, 9.17) is 9.72 Å². The predicted octanol–water partition coefficient (Wildman–Crippen LogP) is 7.83. The van der Waals surface area contributed by atoms with Crippen LogP contribution in [0.3, 0.4) is 0 Å². The highest BCUT2D eigenvalue weighted by Gasteiger charge is 2.67. The molecule has 0 radical (unpaired) electrons. The molecule has 1 amide bonds. The summed E-state index contributed by atoms with van der Waals surface area (Å²) in [4.78, 5) is 18.2. The lowest BCUT2D eigenvalue weighted by molar-refractivity contribution is -0.123. The second kappa shape index (κ2) is 12.1. The third kappa shape index (κ3) is 6.50. The smallest absolute Gasteiger partial charge is 0.293 e. The molecule has 2 aliphatic carbocycles. The van der Waals surface area contributed by atoms with E-state index in [1.807, 2.05) is 12.3 Å². The quantitative estimate of drug-likeness (QED) is 0.0918. The Morgan fingerprint density at radius 3 is 2.54 bits per heavy atom. The van der Waals surface area contributed by atoms with Crippen LogP contribution in [0.25, 0.3) is 11.0 Å². The molecule has 1 saturated carbocycles. The summed E-state index contributed by atoms with van der Waals surface area (Å²) < 4.78 is 94.9. The van der Waals surface area contributed by atoms with E-state index in [1.54, 1.807) is 10.6 Å². The second-order valence-electron chi connectivity index (χ2n) is 13.2. The molecular formula is C31H32BrF6N5O2Si. The van der Waals surface area contributed by atoms with E-state index < -0.39 is 73.8 Å². The van der Waals surface area contributed by atoms with Crippen LogP contribution in [-0.2, 0) is 35.2 Å². The lowest BCUT2D eigenvalue weighted by Crippen LogP contribution is -2.35. The SMILES string of the molecule is C[Si](C)(C)CCOCn1ccc2cc(Br)c([C@H](Cc3cc(F)cc(F)c3)NC(=O)Cn3nc(C(F)F)c4c3C(F)(F)[C@@H]3C[C@H]43)nc21. The number of ether oxygens (including phenoxy) is 1. The van der Waals surface area contributed by atoms with Gasteiger partial charge in [0.05, 0.1) is 11.7 Å². The third-order valence-electron chi connectivity index (χ3n) is 8.43. The van der Waals surface area contributed by atoms with Crippen LogP contribution in [0, 0.1) is 17.6 Å². The van der Waals surface area contributed by atoms with E-state index >= 15 is 8.78 Å². The lowest BCUT2D eigenvalue weighted by atomic mass is 10.0. The number of carbonyl (C=O) groups is 1. The number of alkyl halides is 4. The molecule has 46 heavy (non-hydrogen) atoms. The molecule has 4 aromatic rings. The van der Waals surface area contributed by atoms with Gasteiger partial charge in [-0.2, -0.15) is 13.9 Å². The first-order valence-corrected chi connectivity index (χ1v) is 19.4. The molecule has 7 nitrogen and oxygen atoms in total. The summed E-state index contributed by atoms with van der Waals surface area (Å²) in [5.74, 6) is -7.63. The molecule has 2 aliphatic rings. The summed E-state index contributed by atoms with van der Waals surface area (Å²) in [7, 11) is -1.31. The van der Waals surface area contributed by atoms with Gasteiger partial charge in [0, 0.05) is 48.3 Å². The highest BCUT2D eigenvalue weighted by atomic mass is 79.9. The van der Waals surface area contributed by atoms with Crippen molar-refractivity contribution in [1.29, 1.82) is 0 Å². The number of rotatable bonds is 12. The minimum absolute atomic E-state index is 0.0944. The fourth-order valence-corrected chi connectivity index (χ4v) is 7.49. The summed E-state index contributed by atoms with van der Waals surface area (Å²) in [5, 5.41) is 7.22. The fourth-order valence-electron chi connectivity index (χ4n) is 6.12. The van der Waals surface area contributed by atoms with E-state index in [1.165, 1.54) is 0 Å². The zero-order chi connectivity index (χ0) is 33.1. The van der Waals surface area contributed by atoms with Crippen molar-refractivity contribution in [2.45, 2.75) is 76.1 Å². The molecule has 0 bridgehead atoms. The minimum Gasteiger partial charge on any atom is -0.361 e. The highest BCUT2D eigenvalue weighted by molar-refractivity contribution is 9.10. The number of fused-ring (bicyclic) bond motifs is 4. The van der Waals surface area contributed by atoms with Crippen LogP contribution in [0.4, 0.5) is 26.3 Å². The number of nitrogens with zero attached hydrogens (tertiary/aromatic N) is 4. The Balaban J connectivity index is 1.30. The first-order valence-electron chi connectivity index (χ1n) is 14.9.